The second-order valence-corrected chi connectivity index (χ2v) is 16.4. The summed E-state index contributed by atoms with van der Waals surface area (Å²) >= 11 is 0. The largest absolute Gasteiger partial charge is 0.507 e. The summed E-state index contributed by atoms with van der Waals surface area (Å²) in [4.78, 5) is 55.2. The van der Waals surface area contributed by atoms with Crippen LogP contribution in [0, 0.1) is 0 Å². The van der Waals surface area contributed by atoms with Gasteiger partial charge in [-0.1, -0.05) is 6.92 Å². The van der Waals surface area contributed by atoms with Crippen molar-refractivity contribution in [1.82, 2.24) is 4.90 Å². The molecule has 18 heteroatoms. The van der Waals surface area contributed by atoms with Crippen LogP contribution in [0.15, 0.2) is 30.0 Å². The minimum absolute atomic E-state index is 0.0145. The summed E-state index contributed by atoms with van der Waals surface area (Å²) in [6.07, 6.45) is -7.59. The summed E-state index contributed by atoms with van der Waals surface area (Å²) in [6.45, 7) is 6.71. The number of aromatic hydroxyl groups is 3. The molecule has 2 aliphatic carbocycles. The van der Waals surface area contributed by atoms with Crippen LogP contribution >= 0.6 is 0 Å². The lowest BCUT2D eigenvalue weighted by atomic mass is 9.67. The molecule has 0 spiro atoms. The number of nitrogens with two attached hydrogens (primary N) is 1. The van der Waals surface area contributed by atoms with E-state index in [-0.39, 0.29) is 59.9 Å². The predicted octanol–water partition coefficient (Wildman–Crippen LogP) is 1.93. The normalized spacial score (nSPS) is 35.4. The summed E-state index contributed by atoms with van der Waals surface area (Å²) in [7, 11) is 4.81. The summed E-state index contributed by atoms with van der Waals surface area (Å²) in [6, 6.07) is 2.97. The van der Waals surface area contributed by atoms with Gasteiger partial charge in [-0.05, 0) is 65.0 Å². The highest BCUT2D eigenvalue weighted by molar-refractivity contribution is 6.31. The van der Waals surface area contributed by atoms with Crippen molar-refractivity contribution in [2.24, 2.45) is 5.73 Å². The fraction of sp³-hybridized carbons (Fsp3) is 0.571. The molecule has 0 unspecified atom stereocenters. The number of carbonyl (C=O) groups excluding carboxylic acids is 4. The first-order chi connectivity index (χ1) is 28.3. The van der Waals surface area contributed by atoms with E-state index in [0.29, 0.717) is 0 Å². The molecule has 2 fully saturated rings. The van der Waals surface area contributed by atoms with Crippen molar-refractivity contribution in [3.63, 3.8) is 0 Å². The van der Waals surface area contributed by atoms with Crippen molar-refractivity contribution in [3.05, 3.63) is 63.4 Å². The highest BCUT2D eigenvalue weighted by atomic mass is 16.7. The molecule has 2 aromatic carbocycles. The molecule has 0 saturated carbocycles. The van der Waals surface area contributed by atoms with Gasteiger partial charge in [0.25, 0.3) is 0 Å². The third kappa shape index (κ3) is 7.47. The lowest BCUT2D eigenvalue weighted by molar-refractivity contribution is -0.321. The number of nitrogens with zero attached hydrogens (tertiary/aromatic N) is 1. The maximum atomic E-state index is 14.0. The van der Waals surface area contributed by atoms with Gasteiger partial charge >= 0.3 is 5.97 Å². The fourth-order valence-corrected chi connectivity index (χ4v) is 9.16. The Bertz CT molecular complexity index is 2090. The van der Waals surface area contributed by atoms with Gasteiger partial charge in [0.2, 0.25) is 5.78 Å². The molecule has 60 heavy (non-hydrogen) atoms. The van der Waals surface area contributed by atoms with Gasteiger partial charge in [-0.25, -0.2) is 0 Å². The Morgan fingerprint density at radius 1 is 0.900 bits per heavy atom. The number of ketones is 3. The first-order valence-corrected chi connectivity index (χ1v) is 19.9. The van der Waals surface area contributed by atoms with E-state index in [9.17, 15) is 44.7 Å². The maximum Gasteiger partial charge on any atom is 0.316 e. The molecule has 13 atom stereocenters. The van der Waals surface area contributed by atoms with Crippen LogP contribution in [0.3, 0.4) is 0 Å². The molecule has 2 aromatic rings. The third-order valence-corrected chi connectivity index (χ3v) is 12.4. The third-order valence-electron chi connectivity index (χ3n) is 12.4. The van der Waals surface area contributed by atoms with E-state index in [1.165, 1.54) is 12.1 Å². The predicted molar refractivity (Wildman–Crippen MR) is 206 cm³/mol. The number of hydrogen-bond acceptors (Lipinski definition) is 18. The van der Waals surface area contributed by atoms with Gasteiger partial charge in [-0.3, -0.25) is 19.2 Å². The van der Waals surface area contributed by atoms with Crippen LogP contribution in [0.1, 0.15) is 108 Å². The molecule has 7 rings (SSSR count). The van der Waals surface area contributed by atoms with Crippen molar-refractivity contribution < 1.29 is 77.9 Å². The number of esters is 1. The van der Waals surface area contributed by atoms with Gasteiger partial charge in [0.1, 0.15) is 41.5 Å². The van der Waals surface area contributed by atoms with Crippen LogP contribution in [-0.4, -0.2) is 142 Å². The standard InChI is InChI=1S/C42H52N2O16/c1-8-42(53)15-27(30-19(34(42)40(52)54-7)11-20-31(36(30)50)37(51)33-24(46)10-9-23(45)32(33)35(20)49)58-28-13-22(44(5)6)38(17(3)55-28)59-29-14-26(48)39(18(4)56-29)60-41-21(43)12-25(47)16(2)57-41/h9-12,16-18,22,26-29,34,38-39,41,45-46,48,50,53H,8,13-15,43H2,1-7H3/t16-,17+,18+,22+,26+,27-,28-,29-,34+,38+,39-,41-,42+/m0/s1. The summed E-state index contributed by atoms with van der Waals surface area (Å²) in [5.74, 6) is -6.24. The number of fused-ring (bicyclic) bond motifs is 3. The lowest BCUT2D eigenvalue weighted by Gasteiger charge is -2.48. The number of hydrogen-bond donors (Lipinski definition) is 6. The zero-order valence-corrected chi connectivity index (χ0v) is 34.3. The Balaban J connectivity index is 1.15. The number of ether oxygens (including phenoxy) is 7. The van der Waals surface area contributed by atoms with Gasteiger partial charge in [0, 0.05) is 42.5 Å². The number of benzene rings is 2. The maximum absolute atomic E-state index is 14.0. The topological polar surface area (TPSA) is 263 Å². The van der Waals surface area contributed by atoms with Crippen LogP contribution in [0.2, 0.25) is 0 Å². The van der Waals surface area contributed by atoms with Crippen LogP contribution in [0.4, 0.5) is 0 Å². The zero-order chi connectivity index (χ0) is 43.7. The highest BCUT2D eigenvalue weighted by Gasteiger charge is 2.54. The average Bonchev–Trinajstić information content (AvgIpc) is 3.18. The van der Waals surface area contributed by atoms with Crippen LogP contribution in [0.25, 0.3) is 0 Å². The molecule has 0 amide bonds. The molecule has 2 saturated heterocycles. The minimum atomic E-state index is -1.82. The van der Waals surface area contributed by atoms with E-state index in [1.54, 1.807) is 27.7 Å². The monoisotopic (exact) mass is 840 g/mol. The quantitative estimate of drug-likeness (QED) is 0.133. The Labute approximate surface area is 345 Å². The zero-order valence-electron chi connectivity index (χ0n) is 34.3. The Hall–Kier alpha value is -4.50. The molecule has 18 nitrogen and oxygen atoms in total. The SMILES string of the molecule is CC[C@@]1(O)C[C@H](O[C@H]2C[C@@H](N(C)C)[C@H](O[C@H]3C[C@@H](O)[C@@H](O[C@@H]4O[C@@H](C)C(=O)C=C4N)[C@@H](C)O3)[C@@H](C)O2)c2c(cc3c(c2O)C(=O)c2c(O)ccc(O)c2C3=O)[C@@H]1C(=O)OC. The van der Waals surface area contributed by atoms with E-state index in [1.807, 2.05) is 19.0 Å². The molecule has 326 valence electrons. The van der Waals surface area contributed by atoms with Crippen molar-refractivity contribution in [2.75, 3.05) is 21.2 Å². The molecule has 0 radical (unpaired) electrons. The van der Waals surface area contributed by atoms with Crippen LogP contribution in [0.5, 0.6) is 17.2 Å². The van der Waals surface area contributed by atoms with Gasteiger partial charge in [-0.2, -0.15) is 0 Å². The number of carbonyl (C=O) groups is 4. The lowest BCUT2D eigenvalue weighted by Crippen LogP contribution is -2.58. The number of phenols is 3. The van der Waals surface area contributed by atoms with E-state index in [0.717, 1.165) is 19.2 Å². The van der Waals surface area contributed by atoms with Crippen molar-refractivity contribution in [2.45, 2.75) is 133 Å². The number of aliphatic hydroxyl groups is 2. The number of rotatable bonds is 9. The van der Waals surface area contributed by atoms with Gasteiger partial charge in [0.15, 0.2) is 30.4 Å². The molecule has 5 aliphatic rings. The second-order valence-electron chi connectivity index (χ2n) is 16.4. The van der Waals surface area contributed by atoms with Gasteiger partial charge in [-0.15, -0.1) is 0 Å². The number of phenolic OH excluding ortho intramolecular Hbond substituents is 3. The number of aliphatic hydroxyl groups excluding tert-OH is 1. The summed E-state index contributed by atoms with van der Waals surface area (Å²) in [5, 5.41) is 56.5. The Morgan fingerprint density at radius 2 is 1.52 bits per heavy atom. The number of methoxy groups -OCH3 is 1. The van der Waals surface area contributed by atoms with Crippen molar-refractivity contribution >= 4 is 23.3 Å². The summed E-state index contributed by atoms with van der Waals surface area (Å²) < 4.78 is 42.3. The first kappa shape index (κ1) is 43.6. The first-order valence-electron chi connectivity index (χ1n) is 19.9. The Morgan fingerprint density at radius 3 is 2.12 bits per heavy atom. The minimum Gasteiger partial charge on any atom is -0.507 e. The molecule has 3 heterocycles. The molecular formula is C42H52N2O16. The Kier molecular flexibility index (Phi) is 11.9. The average molecular weight is 841 g/mol. The summed E-state index contributed by atoms with van der Waals surface area (Å²) in [5.41, 5.74) is 2.42. The molecule has 0 aromatic heterocycles. The highest BCUT2D eigenvalue weighted by Crippen LogP contribution is 2.54. The van der Waals surface area contributed by atoms with Crippen LogP contribution in [-0.2, 0) is 42.7 Å². The van der Waals surface area contributed by atoms with Gasteiger partial charge < -0.3 is 69.3 Å². The molecular weight excluding hydrogens is 788 g/mol. The van der Waals surface area contributed by atoms with E-state index >= 15 is 0 Å². The van der Waals surface area contributed by atoms with Crippen molar-refractivity contribution in [1.29, 1.82) is 0 Å². The fourth-order valence-electron chi connectivity index (χ4n) is 9.16. The van der Waals surface area contributed by atoms with Gasteiger partial charge in [0.05, 0.1) is 59.5 Å². The van der Waals surface area contributed by atoms with E-state index in [2.05, 4.69) is 0 Å². The molecule has 7 N–H and O–H groups in total. The van der Waals surface area contributed by atoms with E-state index < -0.39 is 125 Å². The molecule has 0 bridgehead atoms. The number of likely N-dealkylation sites (N-methyl/N-ethyl adjacent to an activating group) is 1. The smallest absolute Gasteiger partial charge is 0.316 e. The molecule has 3 aliphatic heterocycles. The van der Waals surface area contributed by atoms with Crippen molar-refractivity contribution in [3.8, 4) is 17.2 Å². The second kappa shape index (κ2) is 16.4. The van der Waals surface area contributed by atoms with E-state index in [4.69, 9.17) is 38.9 Å². The van der Waals surface area contributed by atoms with Crippen LogP contribution < -0.4 is 5.73 Å².